The molecule has 0 bridgehead atoms. The second kappa shape index (κ2) is 12.2. The summed E-state index contributed by atoms with van der Waals surface area (Å²) in [6.45, 7) is 6.81. The number of carbonyl (C=O) groups excluding carboxylic acids is 2. The van der Waals surface area contributed by atoms with E-state index in [0.29, 0.717) is 13.1 Å². The van der Waals surface area contributed by atoms with Crippen LogP contribution in [0.3, 0.4) is 0 Å². The van der Waals surface area contributed by atoms with Crippen molar-refractivity contribution in [2.75, 3.05) is 13.1 Å². The maximum atomic E-state index is 11.4. The molecule has 0 aliphatic carbocycles. The molecule has 0 spiro atoms. The first-order valence-corrected chi connectivity index (χ1v) is 8.72. The molecule has 6 nitrogen and oxygen atoms in total. The average molecular weight is 329 g/mol. The number of primary amides is 1. The van der Waals surface area contributed by atoms with Gasteiger partial charge in [-0.05, 0) is 53.0 Å². The third kappa shape index (κ3) is 14.0. The minimum atomic E-state index is -0.461. The molecule has 5 N–H and O–H groups in total. The Labute approximate surface area is 140 Å². The fraction of sp³-hybridized carbons (Fsp3) is 0.882. The zero-order valence-corrected chi connectivity index (χ0v) is 15.0. The summed E-state index contributed by atoms with van der Waals surface area (Å²) in [6.07, 6.45) is 7.18. The van der Waals surface area contributed by atoms with Crippen LogP contribution in [0, 0.1) is 5.92 Å². The molecule has 136 valence electrons. The van der Waals surface area contributed by atoms with E-state index in [1.807, 2.05) is 20.8 Å². The Hall–Kier alpha value is -1.30. The van der Waals surface area contributed by atoms with Crippen LogP contribution in [-0.4, -0.2) is 30.7 Å². The maximum Gasteiger partial charge on any atom is 0.407 e. The van der Waals surface area contributed by atoms with Gasteiger partial charge >= 0.3 is 6.09 Å². The first-order chi connectivity index (χ1) is 10.8. The Balaban J connectivity index is 3.63. The van der Waals surface area contributed by atoms with Gasteiger partial charge in [-0.3, -0.25) is 4.79 Å². The molecule has 0 aliphatic rings. The van der Waals surface area contributed by atoms with Gasteiger partial charge in [0.25, 0.3) is 0 Å². The van der Waals surface area contributed by atoms with E-state index in [1.165, 1.54) is 0 Å². The summed E-state index contributed by atoms with van der Waals surface area (Å²) >= 11 is 0. The summed E-state index contributed by atoms with van der Waals surface area (Å²) < 4.78 is 5.16. The van der Waals surface area contributed by atoms with E-state index < -0.39 is 5.60 Å². The highest BCUT2D eigenvalue weighted by molar-refractivity contribution is 5.76. The molecule has 0 radical (unpaired) electrons. The molecule has 1 atom stereocenters. The first kappa shape index (κ1) is 21.7. The molecule has 0 heterocycles. The summed E-state index contributed by atoms with van der Waals surface area (Å²) in [7, 11) is 0. The predicted molar refractivity (Wildman–Crippen MR) is 92.9 cm³/mol. The van der Waals surface area contributed by atoms with Gasteiger partial charge in [0.1, 0.15) is 5.60 Å². The van der Waals surface area contributed by atoms with Gasteiger partial charge < -0.3 is 21.5 Å². The predicted octanol–water partition coefficient (Wildman–Crippen LogP) is 2.69. The standard InChI is InChI=1S/C17H35N3O3/c1-17(2,3)23-16(22)20-13-9-5-4-6-10-14(15(19)21)11-7-8-12-18/h14H,4-13,18H2,1-3H3,(H2,19,21)(H,20,22). The highest BCUT2D eigenvalue weighted by Crippen LogP contribution is 2.16. The van der Waals surface area contributed by atoms with E-state index in [-0.39, 0.29) is 17.9 Å². The fourth-order valence-electron chi connectivity index (χ4n) is 2.34. The van der Waals surface area contributed by atoms with Crippen molar-refractivity contribution in [3.63, 3.8) is 0 Å². The van der Waals surface area contributed by atoms with Crippen molar-refractivity contribution in [2.45, 2.75) is 77.7 Å². The number of hydrogen-bond donors (Lipinski definition) is 3. The van der Waals surface area contributed by atoms with Gasteiger partial charge in [0.15, 0.2) is 0 Å². The molecule has 0 fully saturated rings. The van der Waals surface area contributed by atoms with E-state index in [4.69, 9.17) is 16.2 Å². The summed E-state index contributed by atoms with van der Waals surface area (Å²) in [5.74, 6) is -0.227. The topological polar surface area (TPSA) is 107 Å². The van der Waals surface area contributed by atoms with Crippen molar-refractivity contribution in [1.29, 1.82) is 0 Å². The molecule has 23 heavy (non-hydrogen) atoms. The van der Waals surface area contributed by atoms with Crippen LogP contribution in [0.15, 0.2) is 0 Å². The Morgan fingerprint density at radius 2 is 1.57 bits per heavy atom. The van der Waals surface area contributed by atoms with Gasteiger partial charge in [0, 0.05) is 12.5 Å². The molecule has 6 heteroatoms. The van der Waals surface area contributed by atoms with Gasteiger partial charge in [0.05, 0.1) is 0 Å². The molecule has 0 saturated heterocycles. The number of rotatable bonds is 12. The minimum Gasteiger partial charge on any atom is -0.444 e. The van der Waals surface area contributed by atoms with Crippen molar-refractivity contribution in [2.24, 2.45) is 17.4 Å². The third-order valence-corrected chi connectivity index (χ3v) is 3.56. The van der Waals surface area contributed by atoms with Gasteiger partial charge in [-0.25, -0.2) is 4.79 Å². The quantitative estimate of drug-likeness (QED) is 0.478. The number of nitrogens with one attached hydrogen (secondary N) is 1. The van der Waals surface area contributed by atoms with Gasteiger partial charge in [-0.1, -0.05) is 25.7 Å². The molecular weight excluding hydrogens is 294 g/mol. The van der Waals surface area contributed by atoms with Crippen molar-refractivity contribution in [1.82, 2.24) is 5.32 Å². The number of unbranched alkanes of at least 4 members (excludes halogenated alkanes) is 4. The highest BCUT2D eigenvalue weighted by atomic mass is 16.6. The van der Waals surface area contributed by atoms with Crippen molar-refractivity contribution in [3.8, 4) is 0 Å². The largest absolute Gasteiger partial charge is 0.444 e. The molecule has 0 aromatic rings. The number of alkyl carbamates (subject to hydrolysis) is 1. The lowest BCUT2D eigenvalue weighted by molar-refractivity contribution is -0.122. The molecule has 0 rings (SSSR count). The van der Waals surface area contributed by atoms with E-state index in [2.05, 4.69) is 5.32 Å². The Morgan fingerprint density at radius 3 is 2.09 bits per heavy atom. The summed E-state index contributed by atoms with van der Waals surface area (Å²) in [5.41, 5.74) is 10.4. The van der Waals surface area contributed by atoms with Crippen LogP contribution in [0.1, 0.15) is 72.1 Å². The van der Waals surface area contributed by atoms with E-state index >= 15 is 0 Å². The van der Waals surface area contributed by atoms with Crippen molar-refractivity contribution in [3.05, 3.63) is 0 Å². The number of ether oxygens (including phenoxy) is 1. The van der Waals surface area contributed by atoms with Crippen LogP contribution in [0.25, 0.3) is 0 Å². The number of carbonyl (C=O) groups is 2. The van der Waals surface area contributed by atoms with Crippen molar-refractivity contribution < 1.29 is 14.3 Å². The average Bonchev–Trinajstić information content (AvgIpc) is 2.42. The molecule has 0 aromatic carbocycles. The van der Waals surface area contributed by atoms with Crippen LogP contribution in [0.5, 0.6) is 0 Å². The second-order valence-electron chi connectivity index (χ2n) is 7.02. The lowest BCUT2D eigenvalue weighted by Gasteiger charge is -2.19. The molecule has 0 aliphatic heterocycles. The SMILES string of the molecule is CC(C)(C)OC(=O)NCCCCCCC(CCCCN)C(N)=O. The Kier molecular flexibility index (Phi) is 11.5. The molecule has 0 aromatic heterocycles. The Bertz CT molecular complexity index is 340. The zero-order chi connectivity index (χ0) is 17.7. The minimum absolute atomic E-state index is 0.0264. The first-order valence-electron chi connectivity index (χ1n) is 8.72. The lowest BCUT2D eigenvalue weighted by atomic mass is 9.94. The van der Waals surface area contributed by atoms with E-state index in [0.717, 1.165) is 51.4 Å². The van der Waals surface area contributed by atoms with E-state index in [9.17, 15) is 9.59 Å². The molecular formula is C17H35N3O3. The Morgan fingerprint density at radius 1 is 1.00 bits per heavy atom. The summed E-state index contributed by atoms with van der Waals surface area (Å²) in [4.78, 5) is 22.8. The third-order valence-electron chi connectivity index (χ3n) is 3.56. The van der Waals surface area contributed by atoms with Crippen LogP contribution in [-0.2, 0) is 9.53 Å². The normalized spacial score (nSPS) is 12.7. The smallest absolute Gasteiger partial charge is 0.407 e. The molecule has 2 amide bonds. The number of hydrogen-bond acceptors (Lipinski definition) is 4. The van der Waals surface area contributed by atoms with Crippen LogP contribution in [0.4, 0.5) is 4.79 Å². The van der Waals surface area contributed by atoms with Gasteiger partial charge in [0.2, 0.25) is 5.91 Å². The van der Waals surface area contributed by atoms with Gasteiger partial charge in [-0.15, -0.1) is 0 Å². The van der Waals surface area contributed by atoms with Crippen LogP contribution in [0.2, 0.25) is 0 Å². The second-order valence-corrected chi connectivity index (χ2v) is 7.02. The lowest BCUT2D eigenvalue weighted by Crippen LogP contribution is -2.32. The summed E-state index contributed by atoms with van der Waals surface area (Å²) in [5, 5.41) is 2.74. The monoisotopic (exact) mass is 329 g/mol. The van der Waals surface area contributed by atoms with Crippen LogP contribution >= 0.6 is 0 Å². The van der Waals surface area contributed by atoms with Crippen molar-refractivity contribution >= 4 is 12.0 Å². The highest BCUT2D eigenvalue weighted by Gasteiger charge is 2.16. The molecule has 0 saturated carbocycles. The van der Waals surface area contributed by atoms with Crippen LogP contribution < -0.4 is 16.8 Å². The maximum absolute atomic E-state index is 11.4. The van der Waals surface area contributed by atoms with Gasteiger partial charge in [-0.2, -0.15) is 0 Å². The zero-order valence-electron chi connectivity index (χ0n) is 15.0. The number of nitrogens with two attached hydrogens (primary N) is 2. The summed E-state index contributed by atoms with van der Waals surface area (Å²) in [6, 6.07) is 0. The number of amides is 2. The fourth-order valence-corrected chi connectivity index (χ4v) is 2.34. The molecule has 1 unspecified atom stereocenters. The van der Waals surface area contributed by atoms with E-state index in [1.54, 1.807) is 0 Å².